The molecule has 0 saturated heterocycles. The summed E-state index contributed by atoms with van der Waals surface area (Å²) in [7, 11) is -3.30. The van der Waals surface area contributed by atoms with Crippen molar-refractivity contribution >= 4 is 28.5 Å². The molecule has 0 fully saturated rings. The third-order valence-corrected chi connectivity index (χ3v) is 4.86. The lowest BCUT2D eigenvalue weighted by molar-refractivity contribution is 0.603. The average Bonchev–Trinajstić information content (AvgIpc) is 2.50. The fraction of sp³-hybridized carbons (Fsp3) is 0.200. The van der Waals surface area contributed by atoms with E-state index in [1.807, 2.05) is 6.07 Å². The van der Waals surface area contributed by atoms with Gasteiger partial charge in [-0.1, -0.05) is 12.1 Å². The van der Waals surface area contributed by atoms with Crippen LogP contribution in [0.15, 0.2) is 28.0 Å². The molecule has 0 saturated carbocycles. The lowest BCUT2D eigenvalue weighted by atomic mass is 10.1. The third-order valence-electron chi connectivity index (χ3n) is 2.42. The summed E-state index contributed by atoms with van der Waals surface area (Å²) >= 11 is 4.01. The van der Waals surface area contributed by atoms with Crippen molar-refractivity contribution in [1.82, 2.24) is 0 Å². The Bertz CT molecular complexity index is 532. The number of benzene rings is 1. The molecule has 0 spiro atoms. The van der Waals surface area contributed by atoms with E-state index in [2.05, 4.69) is 12.6 Å². The van der Waals surface area contributed by atoms with E-state index in [9.17, 15) is 8.42 Å². The van der Waals surface area contributed by atoms with E-state index in [1.54, 1.807) is 18.2 Å². The van der Waals surface area contributed by atoms with Gasteiger partial charge < -0.3 is 5.73 Å². The molecule has 1 aromatic rings. The quantitative estimate of drug-likeness (QED) is 0.765. The van der Waals surface area contributed by atoms with Crippen molar-refractivity contribution < 1.29 is 8.42 Å². The normalized spacial score (nSPS) is 17.3. The van der Waals surface area contributed by atoms with Gasteiger partial charge in [0.15, 0.2) is 0 Å². The maximum atomic E-state index is 11.9. The Morgan fingerprint density at radius 1 is 1.33 bits per heavy atom. The van der Waals surface area contributed by atoms with Gasteiger partial charge in [-0.15, -0.1) is 0 Å². The number of rotatable bonds is 2. The number of hydrogen-bond donors (Lipinski definition) is 2. The van der Waals surface area contributed by atoms with Crippen LogP contribution in [-0.2, 0) is 16.4 Å². The van der Waals surface area contributed by atoms with Gasteiger partial charge in [-0.3, -0.25) is 0 Å². The average molecular weight is 241 g/mol. The third kappa shape index (κ3) is 1.60. The highest BCUT2D eigenvalue weighted by Gasteiger charge is 2.28. The van der Waals surface area contributed by atoms with Gasteiger partial charge in [-0.2, -0.15) is 12.6 Å². The van der Waals surface area contributed by atoms with Crippen molar-refractivity contribution in [1.29, 1.82) is 0 Å². The van der Waals surface area contributed by atoms with Gasteiger partial charge in [0.25, 0.3) is 0 Å². The molecule has 1 aliphatic heterocycles. The minimum Gasteiger partial charge on any atom is -0.326 e. The minimum atomic E-state index is -3.30. The zero-order valence-corrected chi connectivity index (χ0v) is 9.68. The Hall–Kier alpha value is -0.780. The molecule has 0 radical (unpaired) electrons. The SMILES string of the molecule is NCc1ccc2c(c1)S(=O)(=O)C(CS)=C2. The van der Waals surface area contributed by atoms with Crippen molar-refractivity contribution in [2.75, 3.05) is 5.75 Å². The highest BCUT2D eigenvalue weighted by atomic mass is 32.2. The molecule has 1 aliphatic rings. The maximum absolute atomic E-state index is 11.9. The van der Waals surface area contributed by atoms with Gasteiger partial charge in [-0.25, -0.2) is 8.42 Å². The summed E-state index contributed by atoms with van der Waals surface area (Å²) in [5.41, 5.74) is 7.03. The van der Waals surface area contributed by atoms with Gasteiger partial charge in [0.1, 0.15) is 0 Å². The van der Waals surface area contributed by atoms with Gasteiger partial charge in [0.2, 0.25) is 9.84 Å². The molecule has 0 bridgehead atoms. The summed E-state index contributed by atoms with van der Waals surface area (Å²) in [5, 5.41) is 0. The van der Waals surface area contributed by atoms with Gasteiger partial charge in [0.05, 0.1) is 9.80 Å². The van der Waals surface area contributed by atoms with Crippen LogP contribution in [0.1, 0.15) is 11.1 Å². The summed E-state index contributed by atoms with van der Waals surface area (Å²) in [6.07, 6.45) is 1.66. The standard InChI is InChI=1S/C10H11NO2S2/c11-5-7-1-2-8-4-9(6-14)15(12,13)10(8)3-7/h1-4,14H,5-6,11H2. The zero-order valence-electron chi connectivity index (χ0n) is 7.97. The van der Waals surface area contributed by atoms with E-state index in [-0.39, 0.29) is 5.75 Å². The number of nitrogens with two attached hydrogens (primary N) is 1. The first-order valence-electron chi connectivity index (χ1n) is 4.49. The summed E-state index contributed by atoms with van der Waals surface area (Å²) in [6, 6.07) is 5.26. The molecule has 2 N–H and O–H groups in total. The van der Waals surface area contributed by atoms with Crippen molar-refractivity contribution in [3.05, 3.63) is 34.2 Å². The zero-order chi connectivity index (χ0) is 11.1. The first-order chi connectivity index (χ1) is 7.09. The van der Waals surface area contributed by atoms with E-state index in [1.165, 1.54) is 0 Å². The number of fused-ring (bicyclic) bond motifs is 1. The van der Waals surface area contributed by atoms with Crippen molar-refractivity contribution in [2.45, 2.75) is 11.4 Å². The fourth-order valence-corrected chi connectivity index (χ4v) is 3.66. The van der Waals surface area contributed by atoms with Crippen LogP contribution in [-0.4, -0.2) is 14.2 Å². The number of thiol groups is 1. The topological polar surface area (TPSA) is 60.2 Å². The molecule has 0 atom stereocenters. The predicted octanol–water partition coefficient (Wildman–Crippen LogP) is 1.20. The summed E-state index contributed by atoms with van der Waals surface area (Å²) < 4.78 is 23.9. The van der Waals surface area contributed by atoms with Gasteiger partial charge >= 0.3 is 0 Å². The van der Waals surface area contributed by atoms with Gasteiger partial charge in [0, 0.05) is 12.3 Å². The van der Waals surface area contributed by atoms with E-state index >= 15 is 0 Å². The highest BCUT2D eigenvalue weighted by Crippen LogP contribution is 2.33. The lowest BCUT2D eigenvalue weighted by Gasteiger charge is -2.03. The second-order valence-electron chi connectivity index (χ2n) is 3.35. The second-order valence-corrected chi connectivity index (χ2v) is 5.64. The predicted molar refractivity (Wildman–Crippen MR) is 63.3 cm³/mol. The fourth-order valence-electron chi connectivity index (χ4n) is 1.58. The monoisotopic (exact) mass is 241 g/mol. The first-order valence-corrected chi connectivity index (χ1v) is 6.60. The summed E-state index contributed by atoms with van der Waals surface area (Å²) in [5.74, 6) is 0.231. The van der Waals surface area contributed by atoms with Crippen LogP contribution in [0.2, 0.25) is 0 Å². The molecule has 0 aliphatic carbocycles. The number of hydrogen-bond acceptors (Lipinski definition) is 4. The second kappa shape index (κ2) is 3.66. The summed E-state index contributed by atoms with van der Waals surface area (Å²) in [4.78, 5) is 0.713. The van der Waals surface area contributed by atoms with Crippen molar-refractivity contribution in [3.8, 4) is 0 Å². The van der Waals surface area contributed by atoms with E-state index in [4.69, 9.17) is 5.73 Å². The first kappa shape index (κ1) is 10.7. The Morgan fingerprint density at radius 2 is 2.07 bits per heavy atom. The molecule has 2 rings (SSSR count). The Morgan fingerprint density at radius 3 is 2.67 bits per heavy atom. The lowest BCUT2D eigenvalue weighted by Crippen LogP contribution is -2.03. The Labute approximate surface area is 94.3 Å². The molecular weight excluding hydrogens is 230 g/mol. The molecule has 0 amide bonds. The van der Waals surface area contributed by atoms with E-state index in [0.717, 1.165) is 11.1 Å². The molecule has 3 nitrogen and oxygen atoms in total. The minimum absolute atomic E-state index is 0.231. The van der Waals surface area contributed by atoms with Crippen LogP contribution in [0.4, 0.5) is 0 Å². The molecule has 1 heterocycles. The smallest absolute Gasteiger partial charge is 0.204 e. The highest BCUT2D eigenvalue weighted by molar-refractivity contribution is 7.97. The van der Waals surface area contributed by atoms with E-state index in [0.29, 0.717) is 16.3 Å². The largest absolute Gasteiger partial charge is 0.326 e. The van der Waals surface area contributed by atoms with Crippen LogP contribution in [0, 0.1) is 0 Å². The number of sulfone groups is 1. The molecule has 0 unspecified atom stereocenters. The van der Waals surface area contributed by atoms with Gasteiger partial charge in [-0.05, 0) is 23.3 Å². The molecule has 5 heteroatoms. The van der Waals surface area contributed by atoms with Crippen LogP contribution >= 0.6 is 12.6 Å². The van der Waals surface area contributed by atoms with Crippen LogP contribution < -0.4 is 5.73 Å². The van der Waals surface area contributed by atoms with E-state index < -0.39 is 9.84 Å². The summed E-state index contributed by atoms with van der Waals surface area (Å²) in [6.45, 7) is 0.346. The molecule has 1 aromatic carbocycles. The molecular formula is C10H11NO2S2. The van der Waals surface area contributed by atoms with Crippen molar-refractivity contribution in [3.63, 3.8) is 0 Å². The van der Waals surface area contributed by atoms with Crippen molar-refractivity contribution in [2.24, 2.45) is 5.73 Å². The van der Waals surface area contributed by atoms with Crippen LogP contribution in [0.5, 0.6) is 0 Å². The Balaban J connectivity index is 2.64. The molecule has 0 aromatic heterocycles. The molecule has 15 heavy (non-hydrogen) atoms. The van der Waals surface area contributed by atoms with Crippen LogP contribution in [0.3, 0.4) is 0 Å². The maximum Gasteiger partial charge on any atom is 0.204 e. The molecule has 80 valence electrons. The van der Waals surface area contributed by atoms with Crippen LogP contribution in [0.25, 0.3) is 6.08 Å². The Kier molecular flexibility index (Phi) is 2.62.